The maximum Gasteiger partial charge on any atom is 0.107 e. The van der Waals surface area contributed by atoms with E-state index in [2.05, 4.69) is 15.3 Å². The molecule has 0 bridgehead atoms. The minimum atomic E-state index is 0.736. The topological polar surface area (TPSA) is 37.8 Å². The summed E-state index contributed by atoms with van der Waals surface area (Å²) < 4.78 is 0. The smallest absolute Gasteiger partial charge is 0.107 e. The number of pyridine rings is 1. The third-order valence-electron chi connectivity index (χ3n) is 2.81. The van der Waals surface area contributed by atoms with Gasteiger partial charge in [-0.25, -0.2) is 4.98 Å². The van der Waals surface area contributed by atoms with Crippen LogP contribution in [-0.4, -0.2) is 16.0 Å². The summed E-state index contributed by atoms with van der Waals surface area (Å²) in [5.74, 6) is 0. The molecule has 4 heteroatoms. The molecule has 0 aliphatic heterocycles. The summed E-state index contributed by atoms with van der Waals surface area (Å²) in [4.78, 5) is 10.1. The van der Waals surface area contributed by atoms with E-state index in [4.69, 9.17) is 0 Å². The second-order valence-corrected chi connectivity index (χ2v) is 5.55. The molecule has 2 heterocycles. The van der Waals surface area contributed by atoms with E-state index in [9.17, 15) is 0 Å². The van der Waals surface area contributed by atoms with Crippen LogP contribution >= 0.6 is 11.3 Å². The SMILES string of the molecule is Cc1cccc(-c2cnc(CNC3CC3)s2)n1. The molecule has 0 atom stereocenters. The Bertz CT molecular complexity index is 517. The molecular formula is C13H15N3S. The van der Waals surface area contributed by atoms with Crippen LogP contribution in [0.1, 0.15) is 23.5 Å². The van der Waals surface area contributed by atoms with Crippen LogP contribution in [0.2, 0.25) is 0 Å². The van der Waals surface area contributed by atoms with Crippen molar-refractivity contribution >= 4 is 11.3 Å². The molecule has 1 N–H and O–H groups in total. The van der Waals surface area contributed by atoms with Gasteiger partial charge in [-0.15, -0.1) is 11.3 Å². The van der Waals surface area contributed by atoms with Crippen molar-refractivity contribution in [1.29, 1.82) is 0 Å². The summed E-state index contributed by atoms with van der Waals surface area (Å²) in [6.45, 7) is 2.90. The van der Waals surface area contributed by atoms with Crippen LogP contribution in [0.3, 0.4) is 0 Å². The zero-order valence-corrected chi connectivity index (χ0v) is 10.6. The molecule has 3 nitrogen and oxygen atoms in total. The van der Waals surface area contributed by atoms with E-state index in [0.717, 1.165) is 33.9 Å². The summed E-state index contributed by atoms with van der Waals surface area (Å²) in [6.07, 6.45) is 4.56. The van der Waals surface area contributed by atoms with Gasteiger partial charge in [0, 0.05) is 24.5 Å². The number of hydrogen-bond acceptors (Lipinski definition) is 4. The van der Waals surface area contributed by atoms with Gasteiger partial charge >= 0.3 is 0 Å². The molecule has 1 saturated carbocycles. The number of nitrogens with one attached hydrogen (secondary N) is 1. The lowest BCUT2D eigenvalue weighted by Crippen LogP contribution is -2.14. The minimum Gasteiger partial charge on any atom is -0.308 e. The van der Waals surface area contributed by atoms with Gasteiger partial charge in [-0.05, 0) is 31.9 Å². The maximum absolute atomic E-state index is 4.51. The highest BCUT2D eigenvalue weighted by Crippen LogP contribution is 2.25. The molecule has 17 heavy (non-hydrogen) atoms. The fourth-order valence-electron chi connectivity index (χ4n) is 1.71. The van der Waals surface area contributed by atoms with Crippen molar-refractivity contribution in [3.05, 3.63) is 35.1 Å². The summed E-state index contributed by atoms with van der Waals surface area (Å²) >= 11 is 1.73. The fourth-order valence-corrected chi connectivity index (χ4v) is 2.55. The van der Waals surface area contributed by atoms with Crippen molar-refractivity contribution in [3.8, 4) is 10.6 Å². The van der Waals surface area contributed by atoms with E-state index < -0.39 is 0 Å². The van der Waals surface area contributed by atoms with Gasteiger partial charge in [-0.1, -0.05) is 6.07 Å². The van der Waals surface area contributed by atoms with Crippen molar-refractivity contribution in [2.45, 2.75) is 32.4 Å². The fraction of sp³-hybridized carbons (Fsp3) is 0.385. The summed E-state index contributed by atoms with van der Waals surface area (Å²) in [7, 11) is 0. The number of nitrogens with zero attached hydrogens (tertiary/aromatic N) is 2. The molecule has 1 aliphatic carbocycles. The Morgan fingerprint density at radius 1 is 1.41 bits per heavy atom. The number of hydrogen-bond donors (Lipinski definition) is 1. The van der Waals surface area contributed by atoms with Crippen LogP contribution in [0.25, 0.3) is 10.6 Å². The van der Waals surface area contributed by atoms with Gasteiger partial charge in [0.1, 0.15) is 5.01 Å². The summed E-state index contributed by atoms with van der Waals surface area (Å²) in [5.41, 5.74) is 2.08. The summed E-state index contributed by atoms with van der Waals surface area (Å²) in [6, 6.07) is 6.83. The highest BCUT2D eigenvalue weighted by atomic mass is 32.1. The first-order valence-electron chi connectivity index (χ1n) is 5.93. The highest BCUT2D eigenvalue weighted by Gasteiger charge is 2.20. The first kappa shape index (κ1) is 10.9. The first-order valence-corrected chi connectivity index (χ1v) is 6.75. The Labute approximate surface area is 105 Å². The third-order valence-corrected chi connectivity index (χ3v) is 3.83. The molecule has 0 spiro atoms. The van der Waals surface area contributed by atoms with Crippen molar-refractivity contribution in [2.24, 2.45) is 0 Å². The van der Waals surface area contributed by atoms with E-state index in [1.54, 1.807) is 11.3 Å². The Hall–Kier alpha value is -1.26. The zero-order valence-electron chi connectivity index (χ0n) is 9.81. The molecule has 2 aromatic heterocycles. The number of aromatic nitrogens is 2. The van der Waals surface area contributed by atoms with Crippen LogP contribution in [-0.2, 0) is 6.54 Å². The van der Waals surface area contributed by atoms with E-state index in [1.807, 2.05) is 31.3 Å². The zero-order chi connectivity index (χ0) is 11.7. The Kier molecular flexibility index (Phi) is 2.91. The lowest BCUT2D eigenvalue weighted by molar-refractivity contribution is 0.684. The Balaban J connectivity index is 1.74. The highest BCUT2D eigenvalue weighted by molar-refractivity contribution is 7.15. The van der Waals surface area contributed by atoms with E-state index in [1.165, 1.54) is 12.8 Å². The standard InChI is InChI=1S/C13H15N3S/c1-9-3-2-4-11(16-9)12-7-15-13(17-12)8-14-10-5-6-10/h2-4,7,10,14H,5-6,8H2,1H3. The second-order valence-electron chi connectivity index (χ2n) is 4.44. The van der Waals surface area contributed by atoms with Gasteiger partial charge in [0.25, 0.3) is 0 Å². The van der Waals surface area contributed by atoms with Crippen LogP contribution in [0.15, 0.2) is 24.4 Å². The molecular weight excluding hydrogens is 230 g/mol. The van der Waals surface area contributed by atoms with Crippen LogP contribution in [0, 0.1) is 6.92 Å². The normalized spacial score (nSPS) is 15.1. The first-order chi connectivity index (χ1) is 8.31. The average molecular weight is 245 g/mol. The number of thiazole rings is 1. The van der Waals surface area contributed by atoms with Gasteiger partial charge in [-0.2, -0.15) is 0 Å². The molecule has 1 aliphatic rings. The van der Waals surface area contributed by atoms with Crippen LogP contribution in [0.5, 0.6) is 0 Å². The monoisotopic (exact) mass is 245 g/mol. The third kappa shape index (κ3) is 2.70. The molecule has 0 saturated heterocycles. The lowest BCUT2D eigenvalue weighted by Gasteiger charge is -1.98. The maximum atomic E-state index is 4.51. The molecule has 3 rings (SSSR count). The average Bonchev–Trinajstić information content (AvgIpc) is 3.04. The van der Waals surface area contributed by atoms with Gasteiger partial charge in [0.15, 0.2) is 0 Å². The van der Waals surface area contributed by atoms with E-state index in [0.29, 0.717) is 0 Å². The molecule has 2 aromatic rings. The predicted molar refractivity (Wildman–Crippen MR) is 69.9 cm³/mol. The molecule has 1 fully saturated rings. The van der Waals surface area contributed by atoms with Gasteiger partial charge in [-0.3, -0.25) is 4.98 Å². The van der Waals surface area contributed by atoms with Crippen molar-refractivity contribution in [3.63, 3.8) is 0 Å². The molecule has 88 valence electrons. The molecule has 0 amide bonds. The Morgan fingerprint density at radius 2 is 2.29 bits per heavy atom. The van der Waals surface area contributed by atoms with Crippen molar-refractivity contribution in [1.82, 2.24) is 15.3 Å². The molecule has 0 unspecified atom stereocenters. The van der Waals surface area contributed by atoms with Gasteiger partial charge in [0.05, 0.1) is 10.6 Å². The largest absolute Gasteiger partial charge is 0.308 e. The van der Waals surface area contributed by atoms with Gasteiger partial charge < -0.3 is 5.32 Å². The second kappa shape index (κ2) is 4.55. The Morgan fingerprint density at radius 3 is 3.06 bits per heavy atom. The minimum absolute atomic E-state index is 0.736. The molecule has 0 radical (unpaired) electrons. The number of rotatable bonds is 4. The van der Waals surface area contributed by atoms with E-state index in [-0.39, 0.29) is 0 Å². The van der Waals surface area contributed by atoms with Crippen molar-refractivity contribution < 1.29 is 0 Å². The van der Waals surface area contributed by atoms with Crippen molar-refractivity contribution in [2.75, 3.05) is 0 Å². The predicted octanol–water partition coefficient (Wildman–Crippen LogP) is 2.77. The van der Waals surface area contributed by atoms with Crippen LogP contribution < -0.4 is 5.32 Å². The quantitative estimate of drug-likeness (QED) is 0.900. The summed E-state index contributed by atoms with van der Waals surface area (Å²) in [5, 5.41) is 4.62. The lowest BCUT2D eigenvalue weighted by atomic mass is 10.3. The number of aryl methyl sites for hydroxylation is 1. The molecule has 0 aromatic carbocycles. The van der Waals surface area contributed by atoms with E-state index >= 15 is 0 Å². The van der Waals surface area contributed by atoms with Gasteiger partial charge in [0.2, 0.25) is 0 Å². The van der Waals surface area contributed by atoms with Crippen LogP contribution in [0.4, 0.5) is 0 Å².